The van der Waals surface area contributed by atoms with Gasteiger partial charge in [-0.1, -0.05) is 35.5 Å². The van der Waals surface area contributed by atoms with Crippen molar-refractivity contribution < 1.29 is 23.9 Å². The van der Waals surface area contributed by atoms with E-state index in [1.807, 2.05) is 51.1 Å². The minimum absolute atomic E-state index is 0.167. The maximum Gasteiger partial charge on any atom is 0.408 e. The third kappa shape index (κ3) is 6.56. The average Bonchev–Trinajstić information content (AvgIpc) is 3.06. The first kappa shape index (κ1) is 19.0. The third-order valence-corrected chi connectivity index (χ3v) is 3.28. The lowest BCUT2D eigenvalue weighted by molar-refractivity contribution is -0.0158. The summed E-state index contributed by atoms with van der Waals surface area (Å²) in [5.41, 5.74) is 0.978. The number of hydrogen-bond donors (Lipinski definition) is 2. The van der Waals surface area contributed by atoms with Crippen LogP contribution in [0.3, 0.4) is 0 Å². The van der Waals surface area contributed by atoms with Gasteiger partial charge in [0.2, 0.25) is 0 Å². The molecule has 1 heterocycles. The first-order valence-electron chi connectivity index (χ1n) is 8.05. The molecule has 0 unspecified atom stereocenters. The van der Waals surface area contributed by atoms with E-state index in [1.165, 1.54) is 0 Å². The van der Waals surface area contributed by atoms with E-state index in [0.29, 0.717) is 11.5 Å². The molecule has 1 atom stereocenters. The summed E-state index contributed by atoms with van der Waals surface area (Å²) in [5, 5.41) is 15.7. The van der Waals surface area contributed by atoms with Gasteiger partial charge in [0.25, 0.3) is 0 Å². The predicted molar refractivity (Wildman–Crippen MR) is 90.6 cm³/mol. The van der Waals surface area contributed by atoms with Crippen LogP contribution in [0.15, 0.2) is 40.9 Å². The van der Waals surface area contributed by atoms with Gasteiger partial charge < -0.3 is 24.4 Å². The smallest absolute Gasteiger partial charge is 0.408 e. The quantitative estimate of drug-likeness (QED) is 0.799. The second-order valence-corrected chi connectivity index (χ2v) is 6.56. The predicted octanol–water partition coefficient (Wildman–Crippen LogP) is 2.95. The van der Waals surface area contributed by atoms with Crippen LogP contribution in [-0.4, -0.2) is 28.6 Å². The van der Waals surface area contributed by atoms with Crippen LogP contribution in [0.4, 0.5) is 4.79 Å². The number of carbonyl (C=O) groups excluding carboxylic acids is 1. The number of alkyl carbamates (subject to hydrolysis) is 1. The molecule has 2 aromatic rings. The number of amides is 1. The van der Waals surface area contributed by atoms with Crippen molar-refractivity contribution >= 4 is 6.09 Å². The number of carbonyl (C=O) groups is 1. The van der Waals surface area contributed by atoms with Crippen LogP contribution in [0.25, 0.3) is 0 Å². The highest BCUT2D eigenvalue weighted by Crippen LogP contribution is 2.18. The Bertz CT molecular complexity index is 664. The van der Waals surface area contributed by atoms with Gasteiger partial charge in [-0.25, -0.2) is 4.79 Å². The summed E-state index contributed by atoms with van der Waals surface area (Å²) in [5.74, 6) is 0.315. The van der Waals surface area contributed by atoms with E-state index < -0.39 is 12.1 Å². The molecule has 0 spiro atoms. The summed E-state index contributed by atoms with van der Waals surface area (Å²) in [6, 6.07) is 10.4. The molecule has 2 rings (SSSR count). The standard InChI is InChI=1S/C18H24N2O5/c1-18(2,3)24-12-16(15-9-14(10-21)25-20-15)19-17(22)23-11-13-7-5-4-6-8-13/h4-9,16,21H,10-12H2,1-3H3,(H,19,22)/t16-/m0/s1. The summed E-state index contributed by atoms with van der Waals surface area (Å²) >= 11 is 0. The van der Waals surface area contributed by atoms with Crippen LogP contribution in [0.1, 0.15) is 43.8 Å². The van der Waals surface area contributed by atoms with Crippen molar-refractivity contribution in [2.24, 2.45) is 0 Å². The molecular formula is C18H24N2O5. The Morgan fingerprint density at radius 1 is 1.32 bits per heavy atom. The fourth-order valence-electron chi connectivity index (χ4n) is 2.01. The number of nitrogens with zero attached hydrogens (tertiary/aromatic N) is 1. The molecule has 0 bridgehead atoms. The van der Waals surface area contributed by atoms with Gasteiger partial charge in [-0.3, -0.25) is 0 Å². The van der Waals surface area contributed by atoms with Crippen molar-refractivity contribution in [1.82, 2.24) is 10.5 Å². The molecule has 0 aliphatic rings. The molecule has 7 heteroatoms. The topological polar surface area (TPSA) is 93.8 Å². The Labute approximate surface area is 146 Å². The van der Waals surface area contributed by atoms with Crippen LogP contribution >= 0.6 is 0 Å². The van der Waals surface area contributed by atoms with Crippen molar-refractivity contribution in [3.05, 3.63) is 53.4 Å². The van der Waals surface area contributed by atoms with Gasteiger partial charge in [-0.2, -0.15) is 0 Å². The minimum atomic E-state index is -0.583. The highest BCUT2D eigenvalue weighted by atomic mass is 16.5. The molecule has 1 aromatic heterocycles. The number of aliphatic hydroxyl groups is 1. The lowest BCUT2D eigenvalue weighted by atomic mass is 10.1. The van der Waals surface area contributed by atoms with Gasteiger partial charge in [0.1, 0.15) is 24.9 Å². The minimum Gasteiger partial charge on any atom is -0.445 e. The van der Waals surface area contributed by atoms with Gasteiger partial charge in [-0.05, 0) is 26.3 Å². The Hall–Kier alpha value is -2.38. The Balaban J connectivity index is 1.97. The summed E-state index contributed by atoms with van der Waals surface area (Å²) in [6.45, 7) is 5.85. The first-order valence-corrected chi connectivity index (χ1v) is 8.05. The zero-order valence-electron chi connectivity index (χ0n) is 14.7. The SMILES string of the molecule is CC(C)(C)OC[C@H](NC(=O)OCc1ccccc1)c1cc(CO)on1. The maximum atomic E-state index is 12.1. The van der Waals surface area contributed by atoms with E-state index in [4.69, 9.17) is 19.1 Å². The molecule has 0 saturated carbocycles. The van der Waals surface area contributed by atoms with E-state index in [9.17, 15) is 4.79 Å². The molecule has 7 nitrogen and oxygen atoms in total. The molecule has 136 valence electrons. The molecule has 2 N–H and O–H groups in total. The second kappa shape index (κ2) is 8.64. The van der Waals surface area contributed by atoms with Gasteiger partial charge in [0.05, 0.1) is 12.2 Å². The lowest BCUT2D eigenvalue weighted by Gasteiger charge is -2.24. The van der Waals surface area contributed by atoms with Crippen LogP contribution in [0, 0.1) is 0 Å². The molecule has 1 amide bonds. The Morgan fingerprint density at radius 3 is 2.64 bits per heavy atom. The van der Waals surface area contributed by atoms with Crippen molar-refractivity contribution in [2.75, 3.05) is 6.61 Å². The molecule has 0 fully saturated rings. The monoisotopic (exact) mass is 348 g/mol. The number of aliphatic hydroxyl groups excluding tert-OH is 1. The Morgan fingerprint density at radius 2 is 2.04 bits per heavy atom. The fraction of sp³-hybridized carbons (Fsp3) is 0.444. The van der Waals surface area contributed by atoms with Gasteiger partial charge in [0.15, 0.2) is 5.76 Å². The average molecular weight is 348 g/mol. The summed E-state index contributed by atoms with van der Waals surface area (Å²) in [6.07, 6.45) is -0.583. The Kier molecular flexibility index (Phi) is 6.55. The maximum absolute atomic E-state index is 12.1. The largest absolute Gasteiger partial charge is 0.445 e. The number of ether oxygens (including phenoxy) is 2. The van der Waals surface area contributed by atoms with Gasteiger partial charge >= 0.3 is 6.09 Å². The van der Waals surface area contributed by atoms with E-state index in [0.717, 1.165) is 5.56 Å². The van der Waals surface area contributed by atoms with Crippen molar-refractivity contribution in [3.8, 4) is 0 Å². The van der Waals surface area contributed by atoms with Crippen LogP contribution in [-0.2, 0) is 22.7 Å². The number of hydrogen-bond acceptors (Lipinski definition) is 6. The zero-order chi connectivity index (χ0) is 18.3. The van der Waals surface area contributed by atoms with Crippen LogP contribution < -0.4 is 5.32 Å². The molecule has 1 aromatic carbocycles. The highest BCUT2D eigenvalue weighted by molar-refractivity contribution is 5.67. The lowest BCUT2D eigenvalue weighted by Crippen LogP contribution is -2.34. The van der Waals surface area contributed by atoms with Gasteiger partial charge in [-0.15, -0.1) is 0 Å². The number of aromatic nitrogens is 1. The third-order valence-electron chi connectivity index (χ3n) is 3.28. The number of rotatable bonds is 7. The molecular weight excluding hydrogens is 324 g/mol. The summed E-state index contributed by atoms with van der Waals surface area (Å²) < 4.78 is 16.0. The van der Waals surface area contributed by atoms with E-state index in [1.54, 1.807) is 6.07 Å². The molecule has 0 radical (unpaired) electrons. The van der Waals surface area contributed by atoms with Crippen LogP contribution in [0.2, 0.25) is 0 Å². The van der Waals surface area contributed by atoms with Crippen molar-refractivity contribution in [1.29, 1.82) is 0 Å². The highest BCUT2D eigenvalue weighted by Gasteiger charge is 2.23. The molecule has 0 saturated heterocycles. The van der Waals surface area contributed by atoms with Crippen molar-refractivity contribution in [2.45, 2.75) is 45.6 Å². The normalized spacial score (nSPS) is 12.6. The number of nitrogens with one attached hydrogen (secondary N) is 1. The molecule has 0 aliphatic carbocycles. The second-order valence-electron chi connectivity index (χ2n) is 6.56. The van der Waals surface area contributed by atoms with Crippen molar-refractivity contribution in [3.63, 3.8) is 0 Å². The van der Waals surface area contributed by atoms with E-state index in [2.05, 4.69) is 10.5 Å². The summed E-state index contributed by atoms with van der Waals surface area (Å²) in [7, 11) is 0. The summed E-state index contributed by atoms with van der Waals surface area (Å²) in [4.78, 5) is 12.1. The van der Waals surface area contributed by atoms with Gasteiger partial charge in [0, 0.05) is 6.07 Å². The number of benzene rings is 1. The molecule has 0 aliphatic heterocycles. The fourth-order valence-corrected chi connectivity index (χ4v) is 2.01. The molecule has 25 heavy (non-hydrogen) atoms. The first-order chi connectivity index (χ1) is 11.9. The van der Waals surface area contributed by atoms with E-state index in [-0.39, 0.29) is 25.4 Å². The zero-order valence-corrected chi connectivity index (χ0v) is 14.7. The van der Waals surface area contributed by atoms with E-state index >= 15 is 0 Å². The van der Waals surface area contributed by atoms with Crippen LogP contribution in [0.5, 0.6) is 0 Å².